The van der Waals surface area contributed by atoms with Crippen LogP contribution in [0.2, 0.25) is 0 Å². The van der Waals surface area contributed by atoms with Crippen molar-refractivity contribution in [2.45, 2.75) is 13.0 Å². The maximum atomic E-state index is 11.8. The topological polar surface area (TPSA) is 86.0 Å². The number of fused-ring (bicyclic) bond motifs is 1. The fourth-order valence-electron chi connectivity index (χ4n) is 2.73. The second kappa shape index (κ2) is 8.71. The summed E-state index contributed by atoms with van der Waals surface area (Å²) in [4.78, 5) is 26.8. The molecule has 26 heavy (non-hydrogen) atoms. The summed E-state index contributed by atoms with van der Waals surface area (Å²) in [6, 6.07) is 17.3. The summed E-state index contributed by atoms with van der Waals surface area (Å²) in [6.07, 6.45) is 2.68. The van der Waals surface area contributed by atoms with Crippen LogP contribution in [0.1, 0.15) is 11.1 Å². The van der Waals surface area contributed by atoms with Gasteiger partial charge in [0.05, 0.1) is 6.54 Å². The lowest BCUT2D eigenvalue weighted by Crippen LogP contribution is -2.42. The first-order valence-electron chi connectivity index (χ1n) is 8.59. The predicted molar refractivity (Wildman–Crippen MR) is 102 cm³/mol. The highest BCUT2D eigenvalue weighted by atomic mass is 16.2. The van der Waals surface area contributed by atoms with Gasteiger partial charge in [-0.05, 0) is 23.6 Å². The van der Waals surface area contributed by atoms with Gasteiger partial charge < -0.3 is 20.9 Å². The number of nitrogens with one attached hydrogen (secondary N) is 4. The molecule has 3 amide bonds. The lowest BCUT2D eigenvalue weighted by atomic mass is 10.1. The van der Waals surface area contributed by atoms with Gasteiger partial charge in [0.25, 0.3) is 0 Å². The number of rotatable bonds is 7. The molecule has 0 bridgehead atoms. The molecule has 0 unspecified atom stereocenters. The van der Waals surface area contributed by atoms with Crippen LogP contribution in [0.5, 0.6) is 0 Å². The Morgan fingerprint density at radius 2 is 1.65 bits per heavy atom. The number of carbonyl (C=O) groups is 2. The molecule has 6 heteroatoms. The van der Waals surface area contributed by atoms with E-state index in [1.807, 2.05) is 54.7 Å². The Kier molecular flexibility index (Phi) is 5.88. The first-order chi connectivity index (χ1) is 12.7. The summed E-state index contributed by atoms with van der Waals surface area (Å²) in [5, 5.41) is 9.27. The SMILES string of the molecule is O=C(CNC(=O)NCCc1c[nH]c2ccccc12)NCc1ccccc1. The van der Waals surface area contributed by atoms with Crippen molar-refractivity contribution in [2.24, 2.45) is 0 Å². The monoisotopic (exact) mass is 350 g/mol. The third kappa shape index (κ3) is 4.86. The molecule has 0 aliphatic carbocycles. The largest absolute Gasteiger partial charge is 0.361 e. The van der Waals surface area contributed by atoms with Gasteiger partial charge in [0.15, 0.2) is 0 Å². The van der Waals surface area contributed by atoms with E-state index in [4.69, 9.17) is 0 Å². The molecule has 0 radical (unpaired) electrons. The maximum Gasteiger partial charge on any atom is 0.315 e. The Balaban J connectivity index is 1.34. The van der Waals surface area contributed by atoms with Gasteiger partial charge in [0, 0.05) is 30.2 Å². The van der Waals surface area contributed by atoms with Gasteiger partial charge in [0.1, 0.15) is 0 Å². The van der Waals surface area contributed by atoms with Gasteiger partial charge in [0.2, 0.25) is 5.91 Å². The smallest absolute Gasteiger partial charge is 0.315 e. The molecule has 4 N–H and O–H groups in total. The van der Waals surface area contributed by atoms with Crippen LogP contribution in [-0.4, -0.2) is 30.0 Å². The Morgan fingerprint density at radius 1 is 0.885 bits per heavy atom. The number of benzene rings is 2. The van der Waals surface area contributed by atoms with Crippen LogP contribution in [0, 0.1) is 0 Å². The van der Waals surface area contributed by atoms with Crippen molar-refractivity contribution in [3.8, 4) is 0 Å². The molecule has 3 rings (SSSR count). The quantitative estimate of drug-likeness (QED) is 0.527. The van der Waals surface area contributed by atoms with E-state index < -0.39 is 0 Å². The highest BCUT2D eigenvalue weighted by molar-refractivity contribution is 5.84. The number of aromatic amines is 1. The first kappa shape index (κ1) is 17.5. The average molecular weight is 350 g/mol. The molecule has 0 aliphatic heterocycles. The van der Waals surface area contributed by atoms with Crippen molar-refractivity contribution >= 4 is 22.8 Å². The van der Waals surface area contributed by atoms with Gasteiger partial charge in [-0.2, -0.15) is 0 Å². The molecule has 0 saturated carbocycles. The number of amides is 3. The van der Waals surface area contributed by atoms with E-state index in [0.29, 0.717) is 13.1 Å². The third-order valence-corrected chi connectivity index (χ3v) is 4.10. The molecule has 0 aliphatic rings. The van der Waals surface area contributed by atoms with Crippen molar-refractivity contribution in [3.63, 3.8) is 0 Å². The molecular formula is C20H22N4O2. The van der Waals surface area contributed by atoms with Crippen molar-refractivity contribution in [1.82, 2.24) is 20.9 Å². The molecule has 2 aromatic carbocycles. The Hall–Kier alpha value is -3.28. The number of urea groups is 1. The van der Waals surface area contributed by atoms with E-state index in [9.17, 15) is 9.59 Å². The number of hydrogen-bond acceptors (Lipinski definition) is 2. The minimum absolute atomic E-state index is 0.0498. The number of hydrogen-bond donors (Lipinski definition) is 4. The zero-order valence-corrected chi connectivity index (χ0v) is 14.4. The average Bonchev–Trinajstić information content (AvgIpc) is 3.09. The highest BCUT2D eigenvalue weighted by Crippen LogP contribution is 2.17. The fourth-order valence-corrected chi connectivity index (χ4v) is 2.73. The molecule has 0 saturated heterocycles. The third-order valence-electron chi connectivity index (χ3n) is 4.10. The van der Waals surface area contributed by atoms with Gasteiger partial charge >= 0.3 is 6.03 Å². The molecular weight excluding hydrogens is 328 g/mol. The first-order valence-corrected chi connectivity index (χ1v) is 8.59. The van der Waals surface area contributed by atoms with E-state index >= 15 is 0 Å². The Labute approximate surface area is 152 Å². The summed E-state index contributed by atoms with van der Waals surface area (Å²) in [5.41, 5.74) is 3.26. The number of H-pyrrole nitrogens is 1. The van der Waals surface area contributed by atoms with Crippen molar-refractivity contribution in [3.05, 3.63) is 71.9 Å². The molecule has 3 aromatic rings. The summed E-state index contributed by atoms with van der Waals surface area (Å²) in [6.45, 7) is 0.897. The van der Waals surface area contributed by atoms with E-state index in [1.54, 1.807) is 0 Å². The van der Waals surface area contributed by atoms with Gasteiger partial charge in [-0.15, -0.1) is 0 Å². The number of para-hydroxylation sites is 1. The Morgan fingerprint density at radius 3 is 2.50 bits per heavy atom. The number of carbonyl (C=O) groups excluding carboxylic acids is 2. The van der Waals surface area contributed by atoms with Gasteiger partial charge in [-0.1, -0.05) is 48.5 Å². The van der Waals surface area contributed by atoms with Crippen LogP contribution < -0.4 is 16.0 Å². The number of aromatic nitrogens is 1. The van der Waals surface area contributed by atoms with E-state index in [-0.39, 0.29) is 18.5 Å². The molecule has 0 fully saturated rings. The molecule has 1 aromatic heterocycles. The standard InChI is InChI=1S/C20H22N4O2/c25-19(23-12-15-6-2-1-3-7-15)14-24-20(26)21-11-10-16-13-22-18-9-5-4-8-17(16)18/h1-9,13,22H,10-12,14H2,(H,23,25)(H2,21,24,26). The van der Waals surface area contributed by atoms with Crippen LogP contribution in [-0.2, 0) is 17.8 Å². The lowest BCUT2D eigenvalue weighted by molar-refractivity contribution is -0.120. The van der Waals surface area contributed by atoms with Crippen LogP contribution >= 0.6 is 0 Å². The van der Waals surface area contributed by atoms with Crippen LogP contribution in [0.15, 0.2) is 60.8 Å². The molecule has 1 heterocycles. The highest BCUT2D eigenvalue weighted by Gasteiger charge is 2.06. The second-order valence-electron chi connectivity index (χ2n) is 5.98. The minimum atomic E-state index is -0.347. The van der Waals surface area contributed by atoms with Gasteiger partial charge in [-0.3, -0.25) is 4.79 Å². The van der Waals surface area contributed by atoms with Gasteiger partial charge in [-0.25, -0.2) is 4.79 Å². The molecule has 6 nitrogen and oxygen atoms in total. The summed E-state index contributed by atoms with van der Waals surface area (Å²) in [5.74, 6) is -0.222. The van der Waals surface area contributed by atoms with Crippen LogP contribution in [0.3, 0.4) is 0 Å². The summed E-state index contributed by atoms with van der Waals surface area (Å²) < 4.78 is 0. The van der Waals surface area contributed by atoms with Crippen molar-refractivity contribution < 1.29 is 9.59 Å². The van der Waals surface area contributed by atoms with Crippen LogP contribution in [0.4, 0.5) is 4.79 Å². The Bertz CT molecular complexity index is 874. The fraction of sp³-hybridized carbons (Fsp3) is 0.200. The van der Waals surface area contributed by atoms with E-state index in [0.717, 1.165) is 28.5 Å². The lowest BCUT2D eigenvalue weighted by Gasteiger charge is -2.08. The molecule has 0 atom stereocenters. The summed E-state index contributed by atoms with van der Waals surface area (Å²) >= 11 is 0. The second-order valence-corrected chi connectivity index (χ2v) is 5.98. The molecule has 134 valence electrons. The van der Waals surface area contributed by atoms with Crippen molar-refractivity contribution in [1.29, 1.82) is 0 Å². The minimum Gasteiger partial charge on any atom is -0.361 e. The normalized spacial score (nSPS) is 10.5. The maximum absolute atomic E-state index is 11.8. The molecule has 0 spiro atoms. The van der Waals surface area contributed by atoms with E-state index in [1.165, 1.54) is 0 Å². The van der Waals surface area contributed by atoms with Crippen LogP contribution in [0.25, 0.3) is 10.9 Å². The predicted octanol–water partition coefficient (Wildman–Crippen LogP) is 2.33. The summed E-state index contributed by atoms with van der Waals surface area (Å²) in [7, 11) is 0. The van der Waals surface area contributed by atoms with Crippen molar-refractivity contribution in [2.75, 3.05) is 13.1 Å². The zero-order valence-electron chi connectivity index (χ0n) is 14.4. The zero-order chi connectivity index (χ0) is 18.2. The van der Waals surface area contributed by atoms with E-state index in [2.05, 4.69) is 27.0 Å².